The van der Waals surface area contributed by atoms with E-state index >= 15 is 0 Å². The number of carbonyl (C=O) groups excluding carboxylic acids is 1. The van der Waals surface area contributed by atoms with Gasteiger partial charge in [-0.25, -0.2) is 14.6 Å². The van der Waals surface area contributed by atoms with E-state index in [1.54, 1.807) is 18.3 Å². The molecule has 0 bridgehead atoms. The molecule has 18 heavy (non-hydrogen) atoms. The van der Waals surface area contributed by atoms with E-state index in [0.29, 0.717) is 17.9 Å². The van der Waals surface area contributed by atoms with E-state index in [1.807, 2.05) is 0 Å². The molecule has 1 N–H and O–H groups in total. The van der Waals surface area contributed by atoms with Gasteiger partial charge in [-0.3, -0.25) is 4.79 Å². The fourth-order valence-electron chi connectivity index (χ4n) is 1.55. The summed E-state index contributed by atoms with van der Waals surface area (Å²) in [4.78, 5) is 20.0. The second-order valence-electron chi connectivity index (χ2n) is 3.82. The molecule has 6 nitrogen and oxygen atoms in total. The average Bonchev–Trinajstić information content (AvgIpc) is 2.93. The first-order chi connectivity index (χ1) is 8.83. The first kappa shape index (κ1) is 12.2. The quantitative estimate of drug-likeness (QED) is 0.803. The Morgan fingerprint density at radius 3 is 3.11 bits per heavy atom. The van der Waals surface area contributed by atoms with E-state index in [4.69, 9.17) is 0 Å². The molecule has 0 unspecified atom stereocenters. The van der Waals surface area contributed by atoms with Gasteiger partial charge in [0.1, 0.15) is 12.7 Å². The molecule has 0 fully saturated rings. The van der Waals surface area contributed by atoms with Crippen LogP contribution in [0.25, 0.3) is 5.82 Å². The van der Waals surface area contributed by atoms with Crippen LogP contribution in [0.3, 0.4) is 0 Å². The van der Waals surface area contributed by atoms with Crippen LogP contribution in [0.5, 0.6) is 0 Å². The first-order valence-electron chi connectivity index (χ1n) is 5.91. The van der Waals surface area contributed by atoms with Gasteiger partial charge in [0.2, 0.25) is 0 Å². The van der Waals surface area contributed by atoms with E-state index in [2.05, 4.69) is 27.3 Å². The highest BCUT2D eigenvalue weighted by molar-refractivity contribution is 5.96. The van der Waals surface area contributed by atoms with Crippen LogP contribution < -0.4 is 5.32 Å². The summed E-state index contributed by atoms with van der Waals surface area (Å²) in [5.74, 6) is 0.353. The van der Waals surface area contributed by atoms with Crippen LogP contribution in [-0.2, 0) is 0 Å². The van der Waals surface area contributed by atoms with Crippen LogP contribution in [0.15, 0.2) is 31.0 Å². The predicted octanol–water partition coefficient (Wildman–Crippen LogP) is 1.19. The summed E-state index contributed by atoms with van der Waals surface area (Å²) in [6.45, 7) is 2.75. The van der Waals surface area contributed by atoms with Crippen LogP contribution in [0, 0.1) is 0 Å². The number of hydrogen-bond donors (Lipinski definition) is 1. The van der Waals surface area contributed by atoms with E-state index in [1.165, 1.54) is 17.3 Å². The van der Waals surface area contributed by atoms with Crippen molar-refractivity contribution in [2.75, 3.05) is 6.54 Å². The number of pyridine rings is 1. The Bertz CT molecular complexity index is 509. The maximum absolute atomic E-state index is 12.0. The number of hydrogen-bond acceptors (Lipinski definition) is 4. The SMILES string of the molecule is CCCCNC(=O)c1cccnc1-n1cncn1. The Morgan fingerprint density at radius 1 is 1.50 bits per heavy atom. The van der Waals surface area contributed by atoms with Crippen molar-refractivity contribution in [2.24, 2.45) is 0 Å². The van der Waals surface area contributed by atoms with E-state index in [9.17, 15) is 4.79 Å². The summed E-state index contributed by atoms with van der Waals surface area (Å²) < 4.78 is 1.48. The Labute approximate surface area is 105 Å². The third-order valence-electron chi connectivity index (χ3n) is 2.48. The van der Waals surface area contributed by atoms with Crippen molar-refractivity contribution in [3.63, 3.8) is 0 Å². The summed E-state index contributed by atoms with van der Waals surface area (Å²) in [6, 6.07) is 3.46. The van der Waals surface area contributed by atoms with E-state index < -0.39 is 0 Å². The molecule has 0 spiro atoms. The lowest BCUT2D eigenvalue weighted by molar-refractivity contribution is 0.0952. The zero-order valence-electron chi connectivity index (χ0n) is 10.2. The third kappa shape index (κ3) is 2.71. The van der Waals surface area contributed by atoms with Gasteiger partial charge in [0.25, 0.3) is 5.91 Å². The van der Waals surface area contributed by atoms with Crippen LogP contribution in [0.2, 0.25) is 0 Å². The predicted molar refractivity (Wildman–Crippen MR) is 66.4 cm³/mol. The molecule has 2 aromatic rings. The fraction of sp³-hybridized carbons (Fsp3) is 0.333. The van der Waals surface area contributed by atoms with Gasteiger partial charge >= 0.3 is 0 Å². The summed E-state index contributed by atoms with van der Waals surface area (Å²) in [6.07, 6.45) is 6.56. The van der Waals surface area contributed by atoms with Crippen molar-refractivity contribution in [1.29, 1.82) is 0 Å². The van der Waals surface area contributed by atoms with Crippen molar-refractivity contribution >= 4 is 5.91 Å². The number of aromatic nitrogens is 4. The van der Waals surface area contributed by atoms with Gasteiger partial charge in [-0.05, 0) is 18.6 Å². The van der Waals surface area contributed by atoms with Gasteiger partial charge in [-0.1, -0.05) is 13.3 Å². The van der Waals surface area contributed by atoms with Gasteiger partial charge in [0.05, 0.1) is 5.56 Å². The lowest BCUT2D eigenvalue weighted by Gasteiger charge is -2.08. The maximum Gasteiger partial charge on any atom is 0.255 e. The molecule has 0 atom stereocenters. The van der Waals surface area contributed by atoms with Crippen LogP contribution in [0.4, 0.5) is 0 Å². The maximum atomic E-state index is 12.0. The molecule has 6 heteroatoms. The van der Waals surface area contributed by atoms with Crippen LogP contribution in [0.1, 0.15) is 30.1 Å². The second kappa shape index (κ2) is 5.90. The number of nitrogens with one attached hydrogen (secondary N) is 1. The molecule has 0 aliphatic rings. The Kier molecular flexibility index (Phi) is 4.01. The Morgan fingerprint density at radius 2 is 2.39 bits per heavy atom. The fourth-order valence-corrected chi connectivity index (χ4v) is 1.55. The van der Waals surface area contributed by atoms with Gasteiger partial charge in [0.15, 0.2) is 5.82 Å². The monoisotopic (exact) mass is 245 g/mol. The number of carbonyl (C=O) groups is 1. The van der Waals surface area contributed by atoms with Gasteiger partial charge < -0.3 is 5.32 Å². The van der Waals surface area contributed by atoms with E-state index in [-0.39, 0.29) is 5.91 Å². The molecule has 2 heterocycles. The Balaban J connectivity index is 2.20. The minimum absolute atomic E-state index is 0.137. The minimum atomic E-state index is -0.137. The highest BCUT2D eigenvalue weighted by Crippen LogP contribution is 2.09. The van der Waals surface area contributed by atoms with E-state index in [0.717, 1.165) is 12.8 Å². The molecular formula is C12H15N5O. The molecule has 0 radical (unpaired) electrons. The summed E-state index contributed by atoms with van der Waals surface area (Å²) >= 11 is 0. The normalized spacial score (nSPS) is 10.3. The standard InChI is InChI=1S/C12H15N5O/c1-2-3-6-15-12(18)10-5-4-7-14-11(10)17-9-13-8-16-17/h4-5,7-9H,2-3,6H2,1H3,(H,15,18). The first-order valence-corrected chi connectivity index (χ1v) is 5.91. The van der Waals surface area contributed by atoms with Crippen molar-refractivity contribution in [3.8, 4) is 5.82 Å². The highest BCUT2D eigenvalue weighted by atomic mass is 16.1. The van der Waals surface area contributed by atoms with Gasteiger partial charge in [0, 0.05) is 12.7 Å². The molecule has 2 aromatic heterocycles. The summed E-state index contributed by atoms with van der Waals surface area (Å²) in [7, 11) is 0. The van der Waals surface area contributed by atoms with Gasteiger partial charge in [-0.2, -0.15) is 5.10 Å². The zero-order valence-corrected chi connectivity index (χ0v) is 10.2. The molecule has 0 saturated carbocycles. The zero-order chi connectivity index (χ0) is 12.8. The number of rotatable bonds is 5. The second-order valence-corrected chi connectivity index (χ2v) is 3.82. The van der Waals surface area contributed by atoms with Gasteiger partial charge in [-0.15, -0.1) is 0 Å². The van der Waals surface area contributed by atoms with Crippen LogP contribution in [-0.4, -0.2) is 32.2 Å². The third-order valence-corrected chi connectivity index (χ3v) is 2.48. The molecule has 0 aliphatic heterocycles. The number of nitrogens with zero attached hydrogens (tertiary/aromatic N) is 4. The average molecular weight is 245 g/mol. The van der Waals surface area contributed by atoms with Crippen molar-refractivity contribution in [3.05, 3.63) is 36.5 Å². The summed E-state index contributed by atoms with van der Waals surface area (Å²) in [5, 5.41) is 6.85. The molecule has 0 saturated heterocycles. The lowest BCUT2D eigenvalue weighted by Crippen LogP contribution is -2.26. The summed E-state index contributed by atoms with van der Waals surface area (Å²) in [5.41, 5.74) is 0.499. The Hall–Kier alpha value is -2.24. The number of unbranched alkanes of at least 4 members (excludes halogenated alkanes) is 1. The van der Waals surface area contributed by atoms with Crippen molar-refractivity contribution < 1.29 is 4.79 Å². The molecule has 2 rings (SSSR count). The van der Waals surface area contributed by atoms with Crippen molar-refractivity contribution in [1.82, 2.24) is 25.1 Å². The molecule has 1 amide bonds. The molecule has 94 valence electrons. The largest absolute Gasteiger partial charge is 0.352 e. The topological polar surface area (TPSA) is 72.7 Å². The lowest BCUT2D eigenvalue weighted by atomic mass is 10.2. The number of amides is 1. The molecular weight excluding hydrogens is 230 g/mol. The highest BCUT2D eigenvalue weighted by Gasteiger charge is 2.13. The van der Waals surface area contributed by atoms with Crippen molar-refractivity contribution in [2.45, 2.75) is 19.8 Å². The van der Waals surface area contributed by atoms with Crippen LogP contribution >= 0.6 is 0 Å². The smallest absolute Gasteiger partial charge is 0.255 e. The molecule has 0 aromatic carbocycles. The minimum Gasteiger partial charge on any atom is -0.352 e. The molecule has 0 aliphatic carbocycles.